The Labute approximate surface area is 250 Å². The Bertz CT molecular complexity index is 1720. The Balaban J connectivity index is 1.21. The van der Waals surface area contributed by atoms with Gasteiger partial charge in [-0.2, -0.15) is 0 Å². The molecule has 0 spiro atoms. The third kappa shape index (κ3) is 5.81. The predicted molar refractivity (Wildman–Crippen MR) is 154 cm³/mol. The van der Waals surface area contributed by atoms with Crippen LogP contribution in [0.15, 0.2) is 54.9 Å². The van der Waals surface area contributed by atoms with Gasteiger partial charge in [-0.3, -0.25) is 24.2 Å². The number of nitrogens with one attached hydrogen (secondary N) is 2. The van der Waals surface area contributed by atoms with E-state index in [9.17, 15) is 18.8 Å². The zero-order valence-electron chi connectivity index (χ0n) is 23.5. The minimum Gasteiger partial charge on any atom is -0.435 e. The van der Waals surface area contributed by atoms with E-state index >= 15 is 4.39 Å². The van der Waals surface area contributed by atoms with Crippen molar-refractivity contribution in [2.45, 2.75) is 12.8 Å². The Morgan fingerprint density at radius 2 is 1.77 bits per heavy atom. The fourth-order valence-corrected chi connectivity index (χ4v) is 5.06. The van der Waals surface area contributed by atoms with Crippen molar-refractivity contribution in [3.05, 3.63) is 72.2 Å². The number of fused-ring (bicyclic) bond motifs is 1. The molecule has 2 aromatic heterocycles. The number of benzene rings is 2. The number of hydrogen-bond acceptors (Lipinski definition) is 8. The zero-order chi connectivity index (χ0) is 30.8. The molecule has 4 N–H and O–H groups in total. The quantitative estimate of drug-likeness (QED) is 0.233. The van der Waals surface area contributed by atoms with Crippen molar-refractivity contribution >= 4 is 40.1 Å². The van der Waals surface area contributed by atoms with Gasteiger partial charge in [-0.05, 0) is 55.3 Å². The lowest BCUT2D eigenvalue weighted by Gasteiger charge is -2.26. The molecule has 6 rings (SSSR count). The van der Waals surface area contributed by atoms with E-state index in [0.717, 1.165) is 36.2 Å². The molecule has 1 saturated heterocycles. The highest BCUT2D eigenvalue weighted by Gasteiger charge is 2.57. The summed E-state index contributed by atoms with van der Waals surface area (Å²) in [4.78, 5) is 52.9. The van der Waals surface area contributed by atoms with Crippen molar-refractivity contribution in [3.8, 4) is 11.6 Å². The number of hydrogen-bond donors (Lipinski definition) is 3. The molecule has 228 valence electrons. The van der Waals surface area contributed by atoms with Crippen LogP contribution in [0.2, 0.25) is 0 Å². The monoisotopic (exact) mass is 605 g/mol. The molecule has 1 aliphatic carbocycles. The molecule has 1 saturated carbocycles. The Morgan fingerprint density at radius 1 is 1.05 bits per heavy atom. The number of rotatable bonds is 10. The molecule has 0 atom stereocenters. The van der Waals surface area contributed by atoms with Gasteiger partial charge in [0.2, 0.25) is 17.7 Å². The van der Waals surface area contributed by atoms with Crippen LogP contribution in [0.25, 0.3) is 11.0 Å². The summed E-state index contributed by atoms with van der Waals surface area (Å²) in [6.07, 6.45) is 1.74. The van der Waals surface area contributed by atoms with Gasteiger partial charge in [-0.1, -0.05) is 0 Å². The molecule has 14 heteroatoms. The summed E-state index contributed by atoms with van der Waals surface area (Å²) in [5.41, 5.74) is 4.99. The molecule has 0 bridgehead atoms. The van der Waals surface area contributed by atoms with Crippen LogP contribution in [-0.2, 0) is 14.3 Å². The van der Waals surface area contributed by atoms with Crippen LogP contribution < -0.4 is 20.7 Å². The fourth-order valence-electron chi connectivity index (χ4n) is 5.06. The number of carbonyl (C=O) groups excluding carboxylic acids is 3. The van der Waals surface area contributed by atoms with Crippen LogP contribution in [-0.4, -0.2) is 77.0 Å². The van der Waals surface area contributed by atoms with E-state index < -0.39 is 28.9 Å². The average molecular weight is 606 g/mol. The molecule has 2 aliphatic rings. The van der Waals surface area contributed by atoms with Gasteiger partial charge in [0.1, 0.15) is 28.9 Å². The molecule has 1 aliphatic heterocycles. The van der Waals surface area contributed by atoms with Crippen molar-refractivity contribution in [3.63, 3.8) is 0 Å². The standard InChI is InChI=1S/C30H29F2N7O5/c31-18-1-3-19(4-2-18)39(29(42)30(7-8-30)28(33)41)20-5-6-24(22(32)15-20)44-27-21-16-23(37-25(21)35-17-36-27)26(40)34-9-10-38-11-13-43-14-12-38/h1-6,15-17H,7-14H2,(H2,33,41)(H,34,40)(H,35,36,37). The molecular formula is C30H29F2N7O5. The fraction of sp³-hybridized carbons (Fsp3) is 0.300. The summed E-state index contributed by atoms with van der Waals surface area (Å²) in [6.45, 7) is 4.09. The predicted octanol–water partition coefficient (Wildman–Crippen LogP) is 3.02. The molecule has 3 amide bonds. The van der Waals surface area contributed by atoms with Crippen LogP contribution in [0, 0.1) is 17.0 Å². The minimum atomic E-state index is -1.41. The van der Waals surface area contributed by atoms with E-state index in [1.165, 1.54) is 36.7 Å². The lowest BCUT2D eigenvalue weighted by Crippen LogP contribution is -2.41. The summed E-state index contributed by atoms with van der Waals surface area (Å²) in [6, 6.07) is 10.3. The van der Waals surface area contributed by atoms with Crippen molar-refractivity contribution in [2.75, 3.05) is 44.3 Å². The Hall–Kier alpha value is -4.95. The van der Waals surface area contributed by atoms with E-state index in [2.05, 4.69) is 25.2 Å². The second-order valence-corrected chi connectivity index (χ2v) is 10.6. The third-order valence-electron chi connectivity index (χ3n) is 7.75. The van der Waals surface area contributed by atoms with Gasteiger partial charge < -0.3 is 25.5 Å². The number of amides is 3. The molecular weight excluding hydrogens is 576 g/mol. The number of morpholine rings is 1. The summed E-state index contributed by atoms with van der Waals surface area (Å²) in [7, 11) is 0. The molecule has 0 radical (unpaired) electrons. The number of H-pyrrole nitrogens is 1. The first-order valence-corrected chi connectivity index (χ1v) is 14.0. The van der Waals surface area contributed by atoms with E-state index in [0.29, 0.717) is 37.3 Å². The smallest absolute Gasteiger partial charge is 0.267 e. The third-order valence-corrected chi connectivity index (χ3v) is 7.75. The van der Waals surface area contributed by atoms with Gasteiger partial charge in [0.25, 0.3) is 5.91 Å². The Kier molecular flexibility index (Phi) is 7.93. The number of ether oxygens (including phenoxy) is 2. The molecule has 3 heterocycles. The second kappa shape index (κ2) is 12.0. The molecule has 12 nitrogen and oxygen atoms in total. The summed E-state index contributed by atoms with van der Waals surface area (Å²) >= 11 is 0. The van der Waals surface area contributed by atoms with Gasteiger partial charge >= 0.3 is 0 Å². The van der Waals surface area contributed by atoms with E-state index in [4.69, 9.17) is 15.2 Å². The van der Waals surface area contributed by atoms with E-state index in [1.54, 1.807) is 0 Å². The van der Waals surface area contributed by atoms with Crippen molar-refractivity contribution < 1.29 is 32.6 Å². The first kappa shape index (κ1) is 29.1. The number of primary amides is 1. The lowest BCUT2D eigenvalue weighted by molar-refractivity contribution is -0.133. The van der Waals surface area contributed by atoms with Crippen molar-refractivity contribution in [1.82, 2.24) is 25.2 Å². The zero-order valence-corrected chi connectivity index (χ0v) is 23.5. The minimum absolute atomic E-state index is 0.00222. The number of nitrogens with two attached hydrogens (primary N) is 1. The molecule has 0 unspecified atom stereocenters. The van der Waals surface area contributed by atoms with E-state index in [1.807, 2.05) is 0 Å². The first-order valence-electron chi connectivity index (χ1n) is 14.0. The Morgan fingerprint density at radius 3 is 2.45 bits per heavy atom. The SMILES string of the molecule is NC(=O)C1(C(=O)N(c2ccc(F)cc2)c2ccc(Oc3ncnc4[nH]c(C(=O)NCCN5CCOCC5)cc34)c(F)c2)CC1. The molecule has 2 fully saturated rings. The largest absolute Gasteiger partial charge is 0.435 e. The van der Waals surface area contributed by atoms with Crippen LogP contribution in [0.5, 0.6) is 11.6 Å². The van der Waals surface area contributed by atoms with Crippen LogP contribution in [0.4, 0.5) is 20.2 Å². The first-order chi connectivity index (χ1) is 21.2. The highest BCUT2D eigenvalue weighted by Crippen LogP contribution is 2.49. The van der Waals surface area contributed by atoms with E-state index in [-0.39, 0.29) is 47.4 Å². The van der Waals surface area contributed by atoms with Gasteiger partial charge in [0.15, 0.2) is 11.6 Å². The average Bonchev–Trinajstić information content (AvgIpc) is 3.72. The highest BCUT2D eigenvalue weighted by atomic mass is 19.1. The lowest BCUT2D eigenvalue weighted by atomic mass is 10.0. The normalized spacial score (nSPS) is 16.0. The van der Waals surface area contributed by atoms with Gasteiger partial charge in [0, 0.05) is 37.9 Å². The van der Waals surface area contributed by atoms with Crippen molar-refractivity contribution in [1.29, 1.82) is 0 Å². The molecule has 4 aromatic rings. The summed E-state index contributed by atoms with van der Waals surface area (Å²) in [5, 5.41) is 3.22. The number of anilines is 2. The van der Waals surface area contributed by atoms with Gasteiger partial charge in [-0.15, -0.1) is 0 Å². The second-order valence-electron chi connectivity index (χ2n) is 10.6. The van der Waals surface area contributed by atoms with Crippen LogP contribution >= 0.6 is 0 Å². The van der Waals surface area contributed by atoms with Crippen LogP contribution in [0.1, 0.15) is 23.3 Å². The number of aromatic amines is 1. The van der Waals surface area contributed by atoms with Crippen molar-refractivity contribution in [2.24, 2.45) is 11.1 Å². The van der Waals surface area contributed by atoms with Crippen LogP contribution in [0.3, 0.4) is 0 Å². The molecule has 2 aromatic carbocycles. The maximum absolute atomic E-state index is 15.5. The highest BCUT2D eigenvalue weighted by molar-refractivity contribution is 6.16. The number of aromatic nitrogens is 3. The van der Waals surface area contributed by atoms with Gasteiger partial charge in [0.05, 0.1) is 24.3 Å². The number of nitrogens with zero attached hydrogens (tertiary/aromatic N) is 4. The van der Waals surface area contributed by atoms with Gasteiger partial charge in [-0.25, -0.2) is 18.7 Å². The number of halogens is 2. The summed E-state index contributed by atoms with van der Waals surface area (Å²) < 4.78 is 40.3. The maximum atomic E-state index is 15.5. The maximum Gasteiger partial charge on any atom is 0.267 e. The summed E-state index contributed by atoms with van der Waals surface area (Å²) in [5.74, 6) is -3.33. The molecule has 44 heavy (non-hydrogen) atoms. The number of carbonyl (C=O) groups is 3. The topological polar surface area (TPSA) is 156 Å².